The third kappa shape index (κ3) is 4.32. The molecule has 0 unspecified atom stereocenters. The molecular weight excluding hydrogens is 416 g/mol. The number of nitrogens with one attached hydrogen (secondary N) is 1. The highest BCUT2D eigenvalue weighted by Gasteiger charge is 2.17. The van der Waals surface area contributed by atoms with Gasteiger partial charge in [-0.3, -0.25) is 4.79 Å². The van der Waals surface area contributed by atoms with E-state index in [4.69, 9.17) is 14.1 Å². The van der Waals surface area contributed by atoms with Crippen LogP contribution in [0.15, 0.2) is 95.6 Å². The zero-order valence-corrected chi connectivity index (χ0v) is 17.7. The van der Waals surface area contributed by atoms with Crippen LogP contribution in [-0.4, -0.2) is 23.5 Å². The fourth-order valence-corrected chi connectivity index (χ4v) is 3.79. The Morgan fingerprint density at radius 3 is 2.52 bits per heavy atom. The summed E-state index contributed by atoms with van der Waals surface area (Å²) in [5.41, 5.74) is 2.63. The molecule has 1 amide bonds. The highest BCUT2D eigenvalue weighted by atomic mass is 16.5. The number of pyridine rings is 1. The number of benzene rings is 3. The van der Waals surface area contributed by atoms with Crippen molar-refractivity contribution in [3.63, 3.8) is 0 Å². The Hall–Kier alpha value is -4.45. The molecule has 0 atom stereocenters. The predicted octanol–water partition coefficient (Wildman–Crippen LogP) is 5.12. The van der Waals surface area contributed by atoms with Gasteiger partial charge in [0.25, 0.3) is 5.91 Å². The first-order valence-electron chi connectivity index (χ1n) is 10.5. The van der Waals surface area contributed by atoms with Crippen LogP contribution in [0.3, 0.4) is 0 Å². The normalized spacial score (nSPS) is 10.9. The molecule has 5 rings (SSSR count). The molecule has 3 aromatic carbocycles. The molecule has 0 saturated heterocycles. The van der Waals surface area contributed by atoms with Gasteiger partial charge < -0.3 is 14.5 Å². The summed E-state index contributed by atoms with van der Waals surface area (Å²) in [7, 11) is 0. The van der Waals surface area contributed by atoms with E-state index in [0.717, 1.165) is 16.3 Å². The van der Waals surface area contributed by atoms with Crippen molar-refractivity contribution >= 4 is 33.6 Å². The maximum absolute atomic E-state index is 13.0. The Morgan fingerprint density at radius 2 is 1.67 bits per heavy atom. The molecule has 0 aliphatic carbocycles. The highest BCUT2D eigenvalue weighted by molar-refractivity contribution is 6.06. The number of amides is 1. The average Bonchev–Trinajstić information content (AvgIpc) is 3.39. The standard InChI is InChI=1S/C27H20N2O4/c30-26(28-16-19-9-6-14-32-19)17-33-27(31)23-15-25(29-24-13-4-3-11-22(23)24)21-12-5-8-18-7-1-2-10-20(18)21/h1-15H,16-17H2,(H,28,30). The maximum atomic E-state index is 13.0. The minimum atomic E-state index is -0.580. The summed E-state index contributed by atoms with van der Waals surface area (Å²) in [5.74, 6) is -0.370. The van der Waals surface area contributed by atoms with Crippen LogP contribution in [0.1, 0.15) is 16.1 Å². The predicted molar refractivity (Wildman–Crippen MR) is 126 cm³/mol. The van der Waals surface area contributed by atoms with Crippen molar-refractivity contribution in [3.8, 4) is 11.3 Å². The quantitative estimate of drug-likeness (QED) is 0.374. The first-order valence-corrected chi connectivity index (χ1v) is 10.5. The van der Waals surface area contributed by atoms with Crippen LogP contribution < -0.4 is 5.32 Å². The molecule has 6 nitrogen and oxygen atoms in total. The summed E-state index contributed by atoms with van der Waals surface area (Å²) in [5, 5.41) is 5.46. The largest absolute Gasteiger partial charge is 0.467 e. The number of rotatable bonds is 6. The summed E-state index contributed by atoms with van der Waals surface area (Å²) in [4.78, 5) is 29.9. The number of para-hydroxylation sites is 1. The Labute approximate surface area is 189 Å². The molecule has 2 heterocycles. The molecule has 0 fully saturated rings. The number of hydrogen-bond acceptors (Lipinski definition) is 5. The fourth-order valence-electron chi connectivity index (χ4n) is 3.79. The molecule has 0 saturated carbocycles. The van der Waals surface area contributed by atoms with Crippen LogP contribution >= 0.6 is 0 Å². The first-order chi connectivity index (χ1) is 16.2. The molecule has 6 heteroatoms. The van der Waals surface area contributed by atoms with E-state index in [1.54, 1.807) is 18.2 Å². The van der Waals surface area contributed by atoms with Crippen LogP contribution in [0.2, 0.25) is 0 Å². The topological polar surface area (TPSA) is 81.4 Å². The van der Waals surface area contributed by atoms with E-state index < -0.39 is 11.9 Å². The second-order valence-corrected chi connectivity index (χ2v) is 7.53. The molecule has 0 spiro atoms. The van der Waals surface area contributed by atoms with E-state index in [1.807, 2.05) is 66.7 Å². The van der Waals surface area contributed by atoms with Gasteiger partial charge in [-0.15, -0.1) is 0 Å². The summed E-state index contributed by atoms with van der Waals surface area (Å²) >= 11 is 0. The van der Waals surface area contributed by atoms with Gasteiger partial charge in [0.15, 0.2) is 6.61 Å². The highest BCUT2D eigenvalue weighted by Crippen LogP contribution is 2.30. The molecule has 0 aliphatic heterocycles. The van der Waals surface area contributed by atoms with Gasteiger partial charge in [-0.2, -0.15) is 0 Å². The fraction of sp³-hybridized carbons (Fsp3) is 0.0741. The zero-order valence-electron chi connectivity index (χ0n) is 17.7. The van der Waals surface area contributed by atoms with Crippen molar-refractivity contribution in [2.24, 2.45) is 0 Å². The molecule has 0 radical (unpaired) electrons. The molecule has 33 heavy (non-hydrogen) atoms. The number of ether oxygens (including phenoxy) is 1. The van der Waals surface area contributed by atoms with Gasteiger partial charge in [0.05, 0.1) is 29.6 Å². The Morgan fingerprint density at radius 1 is 0.879 bits per heavy atom. The zero-order chi connectivity index (χ0) is 22.6. The number of fused-ring (bicyclic) bond motifs is 2. The number of carbonyl (C=O) groups excluding carboxylic acids is 2. The number of furan rings is 1. The number of nitrogens with zero attached hydrogens (tertiary/aromatic N) is 1. The van der Waals surface area contributed by atoms with Gasteiger partial charge in [-0.1, -0.05) is 60.7 Å². The third-order valence-electron chi connectivity index (χ3n) is 5.38. The van der Waals surface area contributed by atoms with E-state index >= 15 is 0 Å². The molecule has 2 aromatic heterocycles. The summed E-state index contributed by atoms with van der Waals surface area (Å²) in [6.45, 7) is -0.160. The second-order valence-electron chi connectivity index (χ2n) is 7.53. The SMILES string of the molecule is O=C(COC(=O)c1cc(-c2cccc3ccccc23)nc2ccccc12)NCc1ccco1. The number of carbonyl (C=O) groups is 2. The lowest BCUT2D eigenvalue weighted by Gasteiger charge is -2.12. The van der Waals surface area contributed by atoms with E-state index in [0.29, 0.717) is 27.9 Å². The summed E-state index contributed by atoms with van der Waals surface area (Å²) in [6, 6.07) is 26.6. The van der Waals surface area contributed by atoms with Crippen LogP contribution in [0, 0.1) is 0 Å². The third-order valence-corrected chi connectivity index (χ3v) is 5.38. The van der Waals surface area contributed by atoms with Gasteiger partial charge in [0, 0.05) is 10.9 Å². The second kappa shape index (κ2) is 8.96. The van der Waals surface area contributed by atoms with E-state index in [-0.39, 0.29) is 13.2 Å². The Bertz CT molecular complexity index is 1450. The first kappa shape index (κ1) is 20.5. The minimum absolute atomic E-state index is 0.229. The van der Waals surface area contributed by atoms with Crippen molar-refractivity contribution in [1.82, 2.24) is 10.3 Å². The summed E-state index contributed by atoms with van der Waals surface area (Å²) in [6.07, 6.45) is 1.53. The van der Waals surface area contributed by atoms with Crippen molar-refractivity contribution in [2.75, 3.05) is 6.61 Å². The molecule has 162 valence electrons. The van der Waals surface area contributed by atoms with E-state index in [9.17, 15) is 9.59 Å². The molecular formula is C27H20N2O4. The smallest absolute Gasteiger partial charge is 0.339 e. The van der Waals surface area contributed by atoms with Crippen LogP contribution in [0.4, 0.5) is 0 Å². The van der Waals surface area contributed by atoms with Gasteiger partial charge in [-0.05, 0) is 35.0 Å². The minimum Gasteiger partial charge on any atom is -0.467 e. The Balaban J connectivity index is 1.43. The number of hydrogen-bond donors (Lipinski definition) is 1. The molecule has 5 aromatic rings. The van der Waals surface area contributed by atoms with E-state index in [2.05, 4.69) is 5.32 Å². The van der Waals surface area contributed by atoms with E-state index in [1.165, 1.54) is 6.26 Å². The van der Waals surface area contributed by atoms with Crippen LogP contribution in [0.5, 0.6) is 0 Å². The van der Waals surface area contributed by atoms with Crippen LogP contribution in [-0.2, 0) is 16.1 Å². The molecule has 0 bridgehead atoms. The lowest BCUT2D eigenvalue weighted by molar-refractivity contribution is -0.124. The van der Waals surface area contributed by atoms with Gasteiger partial charge in [0.2, 0.25) is 0 Å². The maximum Gasteiger partial charge on any atom is 0.339 e. The van der Waals surface area contributed by atoms with Crippen molar-refractivity contribution in [2.45, 2.75) is 6.54 Å². The van der Waals surface area contributed by atoms with Gasteiger partial charge >= 0.3 is 5.97 Å². The van der Waals surface area contributed by atoms with Crippen molar-refractivity contribution < 1.29 is 18.7 Å². The number of aromatic nitrogens is 1. The average molecular weight is 436 g/mol. The van der Waals surface area contributed by atoms with Crippen molar-refractivity contribution in [1.29, 1.82) is 0 Å². The van der Waals surface area contributed by atoms with Crippen LogP contribution in [0.25, 0.3) is 32.9 Å². The van der Waals surface area contributed by atoms with Gasteiger partial charge in [-0.25, -0.2) is 9.78 Å². The van der Waals surface area contributed by atoms with Gasteiger partial charge in [0.1, 0.15) is 5.76 Å². The lowest BCUT2D eigenvalue weighted by atomic mass is 9.99. The lowest BCUT2D eigenvalue weighted by Crippen LogP contribution is -2.28. The monoisotopic (exact) mass is 436 g/mol. The summed E-state index contributed by atoms with van der Waals surface area (Å²) < 4.78 is 10.5. The molecule has 0 aliphatic rings. The van der Waals surface area contributed by atoms with Crippen molar-refractivity contribution in [3.05, 3.63) is 103 Å². The Kier molecular flexibility index (Phi) is 5.55. The molecule has 1 N–H and O–H groups in total. The number of esters is 1.